The molecule has 0 amide bonds. The molecule has 2 saturated heterocycles. The van der Waals surface area contributed by atoms with Crippen molar-refractivity contribution >= 4 is 17.4 Å². The topological polar surface area (TPSA) is 45.5 Å². The molecule has 0 aliphatic carbocycles. The Morgan fingerprint density at radius 1 is 1.25 bits per heavy atom. The Morgan fingerprint density at radius 2 is 1.95 bits per heavy atom. The molecular formula is C15H18N2O2S. The first-order chi connectivity index (χ1) is 9.78. The predicted molar refractivity (Wildman–Crippen MR) is 79.0 cm³/mol. The lowest BCUT2D eigenvalue weighted by molar-refractivity contribution is -0.169. The van der Waals surface area contributed by atoms with Crippen LogP contribution in [-0.2, 0) is 9.47 Å². The highest BCUT2D eigenvalue weighted by molar-refractivity contribution is 7.98. The standard InChI is InChI=1S/C15H18N2O2S/c1-20-14-4-2-3-13(12(14)11-16)17-7-5-15(6-8-17)18-9-10-19-15/h2-4H,5-10H2,1H3. The number of hydrogen-bond donors (Lipinski definition) is 0. The molecule has 2 aliphatic rings. The summed E-state index contributed by atoms with van der Waals surface area (Å²) in [5, 5.41) is 9.43. The van der Waals surface area contributed by atoms with E-state index < -0.39 is 0 Å². The minimum absolute atomic E-state index is 0.361. The fraction of sp³-hybridized carbons (Fsp3) is 0.533. The fourth-order valence-electron chi connectivity index (χ4n) is 2.94. The summed E-state index contributed by atoms with van der Waals surface area (Å²) in [6, 6.07) is 8.41. The van der Waals surface area contributed by atoms with E-state index >= 15 is 0 Å². The van der Waals surface area contributed by atoms with Gasteiger partial charge in [0.1, 0.15) is 6.07 Å². The lowest BCUT2D eigenvalue weighted by Crippen LogP contribution is -2.45. The van der Waals surface area contributed by atoms with Gasteiger partial charge in [0.25, 0.3) is 0 Å². The summed E-state index contributed by atoms with van der Waals surface area (Å²) in [5.74, 6) is -0.361. The summed E-state index contributed by atoms with van der Waals surface area (Å²) in [5.41, 5.74) is 1.82. The zero-order valence-electron chi connectivity index (χ0n) is 11.6. The first kappa shape index (κ1) is 13.7. The maximum atomic E-state index is 9.43. The largest absolute Gasteiger partial charge is 0.370 e. The van der Waals surface area contributed by atoms with Crippen LogP contribution >= 0.6 is 11.8 Å². The van der Waals surface area contributed by atoms with E-state index in [2.05, 4.69) is 11.0 Å². The molecule has 4 nitrogen and oxygen atoms in total. The first-order valence-electron chi connectivity index (χ1n) is 6.88. The molecule has 1 spiro atoms. The molecule has 0 N–H and O–H groups in total. The van der Waals surface area contributed by atoms with E-state index in [9.17, 15) is 5.26 Å². The molecule has 0 saturated carbocycles. The zero-order valence-corrected chi connectivity index (χ0v) is 12.4. The van der Waals surface area contributed by atoms with Crippen molar-refractivity contribution < 1.29 is 9.47 Å². The number of ether oxygens (including phenoxy) is 2. The predicted octanol–water partition coefficient (Wildman–Crippen LogP) is 2.62. The van der Waals surface area contributed by atoms with Crippen molar-refractivity contribution in [3.05, 3.63) is 23.8 Å². The third-order valence-corrected chi connectivity index (χ3v) is 4.80. The second kappa shape index (κ2) is 5.65. The average Bonchev–Trinajstić information content (AvgIpc) is 2.95. The van der Waals surface area contributed by atoms with Crippen LogP contribution in [0.5, 0.6) is 0 Å². The molecule has 2 heterocycles. The molecular weight excluding hydrogens is 272 g/mol. The third-order valence-electron chi connectivity index (χ3n) is 4.02. The van der Waals surface area contributed by atoms with E-state index in [1.807, 2.05) is 24.5 Å². The van der Waals surface area contributed by atoms with Gasteiger partial charge in [0.15, 0.2) is 5.79 Å². The van der Waals surface area contributed by atoms with Crippen molar-refractivity contribution in [1.29, 1.82) is 5.26 Å². The second-order valence-electron chi connectivity index (χ2n) is 5.06. The number of hydrogen-bond acceptors (Lipinski definition) is 5. The van der Waals surface area contributed by atoms with E-state index in [4.69, 9.17) is 9.47 Å². The first-order valence-corrected chi connectivity index (χ1v) is 8.10. The summed E-state index contributed by atoms with van der Waals surface area (Å²) >= 11 is 1.62. The number of benzene rings is 1. The van der Waals surface area contributed by atoms with Gasteiger partial charge in [-0.2, -0.15) is 5.26 Å². The van der Waals surface area contributed by atoms with E-state index in [0.717, 1.165) is 42.1 Å². The Labute approximate surface area is 123 Å². The monoisotopic (exact) mass is 290 g/mol. The normalized spacial score (nSPS) is 21.1. The maximum absolute atomic E-state index is 9.43. The molecule has 0 radical (unpaired) electrons. The molecule has 1 aromatic rings. The quantitative estimate of drug-likeness (QED) is 0.784. The SMILES string of the molecule is CSc1cccc(N2CCC3(CC2)OCCO3)c1C#N. The van der Waals surface area contributed by atoms with Crippen LogP contribution in [0.2, 0.25) is 0 Å². The Morgan fingerprint density at radius 3 is 2.55 bits per heavy atom. The lowest BCUT2D eigenvalue weighted by Gasteiger charge is -2.39. The minimum atomic E-state index is -0.361. The Kier molecular flexibility index (Phi) is 3.88. The highest BCUT2D eigenvalue weighted by Gasteiger charge is 2.40. The van der Waals surface area contributed by atoms with Crippen LogP contribution in [0.15, 0.2) is 23.1 Å². The zero-order chi connectivity index (χ0) is 14.0. The maximum Gasteiger partial charge on any atom is 0.171 e. The second-order valence-corrected chi connectivity index (χ2v) is 5.91. The van der Waals surface area contributed by atoms with Gasteiger partial charge in [0.2, 0.25) is 0 Å². The van der Waals surface area contributed by atoms with Gasteiger partial charge in [-0.3, -0.25) is 0 Å². The Hall–Kier alpha value is -1.22. The van der Waals surface area contributed by atoms with Gasteiger partial charge in [-0.05, 0) is 18.4 Å². The van der Waals surface area contributed by atoms with Gasteiger partial charge < -0.3 is 14.4 Å². The molecule has 2 aliphatic heterocycles. The number of nitriles is 1. The molecule has 2 fully saturated rings. The third kappa shape index (κ3) is 2.39. The molecule has 0 aromatic heterocycles. The van der Waals surface area contributed by atoms with Crippen molar-refractivity contribution in [2.24, 2.45) is 0 Å². The van der Waals surface area contributed by atoms with Crippen LogP contribution in [-0.4, -0.2) is 38.3 Å². The Balaban J connectivity index is 1.80. The summed E-state index contributed by atoms with van der Waals surface area (Å²) in [7, 11) is 0. The van der Waals surface area contributed by atoms with Crippen LogP contribution in [0.1, 0.15) is 18.4 Å². The minimum Gasteiger partial charge on any atom is -0.370 e. The summed E-state index contributed by atoms with van der Waals surface area (Å²) in [6.07, 6.45) is 3.73. The Bertz CT molecular complexity index is 525. The van der Waals surface area contributed by atoms with Crippen LogP contribution in [0, 0.1) is 11.3 Å². The van der Waals surface area contributed by atoms with Crippen molar-refractivity contribution in [2.45, 2.75) is 23.5 Å². The van der Waals surface area contributed by atoms with Gasteiger partial charge >= 0.3 is 0 Å². The van der Waals surface area contributed by atoms with Crippen molar-refractivity contribution in [3.8, 4) is 6.07 Å². The van der Waals surface area contributed by atoms with Crippen molar-refractivity contribution in [1.82, 2.24) is 0 Å². The molecule has 0 atom stereocenters. The molecule has 5 heteroatoms. The van der Waals surface area contributed by atoms with Crippen LogP contribution in [0.25, 0.3) is 0 Å². The van der Waals surface area contributed by atoms with Gasteiger partial charge in [0, 0.05) is 30.8 Å². The average molecular weight is 290 g/mol. The summed E-state index contributed by atoms with van der Waals surface area (Å²) in [4.78, 5) is 3.31. The van der Waals surface area contributed by atoms with Gasteiger partial charge in [-0.15, -0.1) is 11.8 Å². The van der Waals surface area contributed by atoms with E-state index in [1.54, 1.807) is 11.8 Å². The number of piperidine rings is 1. The number of rotatable bonds is 2. The van der Waals surface area contributed by atoms with Gasteiger partial charge in [-0.25, -0.2) is 0 Å². The highest BCUT2D eigenvalue weighted by Crippen LogP contribution is 2.35. The van der Waals surface area contributed by atoms with Crippen LogP contribution in [0.4, 0.5) is 5.69 Å². The summed E-state index contributed by atoms with van der Waals surface area (Å²) in [6.45, 7) is 3.13. The molecule has 0 bridgehead atoms. The fourth-order valence-corrected chi connectivity index (χ4v) is 3.51. The number of thioether (sulfide) groups is 1. The van der Waals surface area contributed by atoms with Crippen LogP contribution in [0.3, 0.4) is 0 Å². The molecule has 0 unspecified atom stereocenters. The van der Waals surface area contributed by atoms with Crippen molar-refractivity contribution in [3.63, 3.8) is 0 Å². The van der Waals surface area contributed by atoms with E-state index in [-0.39, 0.29) is 5.79 Å². The van der Waals surface area contributed by atoms with E-state index in [0.29, 0.717) is 13.2 Å². The molecule has 106 valence electrons. The number of nitrogens with zero attached hydrogens (tertiary/aromatic N) is 2. The van der Waals surface area contributed by atoms with E-state index in [1.165, 1.54) is 0 Å². The molecule has 1 aromatic carbocycles. The summed E-state index contributed by atoms with van der Waals surface area (Å²) < 4.78 is 11.5. The smallest absolute Gasteiger partial charge is 0.171 e. The van der Waals surface area contributed by atoms with Gasteiger partial charge in [-0.1, -0.05) is 6.07 Å². The molecule has 3 rings (SSSR count). The van der Waals surface area contributed by atoms with Crippen LogP contribution < -0.4 is 4.90 Å². The number of anilines is 1. The van der Waals surface area contributed by atoms with Gasteiger partial charge in [0.05, 0.1) is 24.5 Å². The lowest BCUT2D eigenvalue weighted by atomic mass is 10.0. The van der Waals surface area contributed by atoms with Crippen molar-refractivity contribution in [2.75, 3.05) is 37.5 Å². The molecule has 20 heavy (non-hydrogen) atoms. The highest BCUT2D eigenvalue weighted by atomic mass is 32.2.